The van der Waals surface area contributed by atoms with Gasteiger partial charge in [-0.2, -0.15) is 10.5 Å². The van der Waals surface area contributed by atoms with Crippen molar-refractivity contribution in [1.29, 1.82) is 5.26 Å². The van der Waals surface area contributed by atoms with Crippen LogP contribution in [0, 0.1) is 29.9 Å². The van der Waals surface area contributed by atoms with Gasteiger partial charge in [0.05, 0.1) is 0 Å². The van der Waals surface area contributed by atoms with Crippen LogP contribution in [0.15, 0.2) is 18.3 Å². The molecular formula is C11H8F2N6. The smallest absolute Gasteiger partial charge is 0.216 e. The van der Waals surface area contributed by atoms with Crippen LogP contribution in [0.1, 0.15) is 11.4 Å². The first-order valence-electron chi connectivity index (χ1n) is 5.18. The fourth-order valence-electron chi connectivity index (χ4n) is 1.40. The van der Waals surface area contributed by atoms with Crippen LogP contribution < -0.4 is 5.32 Å². The number of hydrogen-bond donors (Lipinski definition) is 2. The third-order valence-corrected chi connectivity index (χ3v) is 2.25. The van der Waals surface area contributed by atoms with Crippen LogP contribution in [0.5, 0.6) is 0 Å². The predicted octanol–water partition coefficient (Wildman–Crippen LogP) is 1.76. The van der Waals surface area contributed by atoms with Gasteiger partial charge in [0.2, 0.25) is 5.82 Å². The van der Waals surface area contributed by atoms with Gasteiger partial charge in [-0.25, -0.2) is 8.78 Å². The molecule has 0 spiro atoms. The summed E-state index contributed by atoms with van der Waals surface area (Å²) in [4.78, 5) is 0. The van der Waals surface area contributed by atoms with Gasteiger partial charge in [0.25, 0.3) is 0 Å². The fourth-order valence-corrected chi connectivity index (χ4v) is 1.40. The van der Waals surface area contributed by atoms with Crippen LogP contribution in [0.2, 0.25) is 0 Å². The molecule has 0 unspecified atom stereocenters. The van der Waals surface area contributed by atoms with E-state index in [2.05, 4.69) is 25.9 Å². The van der Waals surface area contributed by atoms with E-state index in [1.165, 1.54) is 12.1 Å². The Hall–Kier alpha value is -2.82. The normalized spacial score (nSPS) is 11.2. The van der Waals surface area contributed by atoms with Gasteiger partial charge in [0.1, 0.15) is 29.0 Å². The molecule has 6 nitrogen and oxygen atoms in total. The van der Waals surface area contributed by atoms with E-state index in [1.54, 1.807) is 13.0 Å². The van der Waals surface area contributed by atoms with Crippen molar-refractivity contribution in [2.45, 2.75) is 6.92 Å². The Morgan fingerprint density at radius 1 is 1.42 bits per heavy atom. The predicted molar refractivity (Wildman–Crippen MR) is 62.5 cm³/mol. The van der Waals surface area contributed by atoms with Crippen molar-refractivity contribution in [2.75, 3.05) is 5.32 Å². The zero-order valence-corrected chi connectivity index (χ0v) is 9.78. The molecule has 8 heteroatoms. The number of aromatic nitrogens is 4. The van der Waals surface area contributed by atoms with Gasteiger partial charge in [-0.1, -0.05) is 0 Å². The molecule has 0 aliphatic carbocycles. The van der Waals surface area contributed by atoms with E-state index in [1.807, 2.05) is 0 Å². The fraction of sp³-hybridized carbons (Fsp3) is 0.0909. The molecule has 0 saturated heterocycles. The molecule has 1 aromatic heterocycles. The Kier molecular flexibility index (Phi) is 3.47. The van der Waals surface area contributed by atoms with E-state index < -0.39 is 11.6 Å². The third kappa shape index (κ3) is 2.71. The minimum Gasteiger partial charge on any atom is -0.356 e. The number of allylic oxidation sites excluding steroid dienone is 1. The lowest BCUT2D eigenvalue weighted by molar-refractivity contribution is 0.589. The maximum atomic E-state index is 13.5. The minimum atomic E-state index is -0.751. The van der Waals surface area contributed by atoms with Crippen molar-refractivity contribution in [1.82, 2.24) is 20.6 Å². The summed E-state index contributed by atoms with van der Waals surface area (Å²) in [6, 6.07) is 4.15. The third-order valence-electron chi connectivity index (χ3n) is 2.25. The zero-order valence-electron chi connectivity index (χ0n) is 9.78. The van der Waals surface area contributed by atoms with Gasteiger partial charge >= 0.3 is 0 Å². The van der Waals surface area contributed by atoms with Crippen molar-refractivity contribution < 1.29 is 8.78 Å². The quantitative estimate of drug-likeness (QED) is 0.822. The van der Waals surface area contributed by atoms with Crippen LogP contribution in [0.3, 0.4) is 0 Å². The molecule has 2 N–H and O–H groups in total. The molecule has 0 amide bonds. The highest BCUT2D eigenvalue weighted by atomic mass is 19.1. The van der Waals surface area contributed by atoms with E-state index in [-0.39, 0.29) is 17.1 Å². The summed E-state index contributed by atoms with van der Waals surface area (Å²) in [5, 5.41) is 23.9. The van der Waals surface area contributed by atoms with E-state index >= 15 is 0 Å². The minimum absolute atomic E-state index is 0.00637. The number of halogens is 2. The van der Waals surface area contributed by atoms with Crippen LogP contribution in [-0.4, -0.2) is 20.6 Å². The van der Waals surface area contributed by atoms with Crippen molar-refractivity contribution in [3.8, 4) is 6.07 Å². The van der Waals surface area contributed by atoms with Gasteiger partial charge in [-0.05, 0) is 29.8 Å². The van der Waals surface area contributed by atoms with Gasteiger partial charge in [0.15, 0.2) is 0 Å². The maximum absolute atomic E-state index is 13.5. The van der Waals surface area contributed by atoms with Gasteiger partial charge in [0, 0.05) is 6.20 Å². The first kappa shape index (κ1) is 12.6. The molecule has 0 fully saturated rings. The summed E-state index contributed by atoms with van der Waals surface area (Å²) in [5.41, 5.74) is 0.109. The van der Waals surface area contributed by atoms with E-state index in [4.69, 9.17) is 5.26 Å². The van der Waals surface area contributed by atoms with Crippen molar-refractivity contribution in [2.24, 2.45) is 0 Å². The number of rotatable bonds is 3. The molecular weight excluding hydrogens is 254 g/mol. The number of aryl methyl sites for hydroxylation is 1. The molecule has 2 aromatic rings. The summed E-state index contributed by atoms with van der Waals surface area (Å²) in [6.45, 7) is 1.58. The number of nitriles is 1. The number of hydrogen-bond acceptors (Lipinski definition) is 5. The first-order chi connectivity index (χ1) is 9.11. The highest BCUT2D eigenvalue weighted by molar-refractivity contribution is 5.74. The van der Waals surface area contributed by atoms with Gasteiger partial charge in [-0.15, -0.1) is 10.2 Å². The Morgan fingerprint density at radius 3 is 2.63 bits per heavy atom. The molecule has 1 heterocycles. The summed E-state index contributed by atoms with van der Waals surface area (Å²) < 4.78 is 27.1. The molecule has 0 radical (unpaired) electrons. The average Bonchev–Trinajstić information content (AvgIpc) is 2.86. The van der Waals surface area contributed by atoms with Crippen molar-refractivity contribution >= 4 is 11.3 Å². The summed E-state index contributed by atoms with van der Waals surface area (Å²) in [5.74, 6) is -1.47. The summed E-state index contributed by atoms with van der Waals surface area (Å²) >= 11 is 0. The highest BCUT2D eigenvalue weighted by Gasteiger charge is 2.10. The number of nitrogens with one attached hydrogen (secondary N) is 2. The molecule has 0 aliphatic heterocycles. The van der Waals surface area contributed by atoms with Crippen LogP contribution in [0.25, 0.3) is 5.57 Å². The number of benzene rings is 1. The van der Waals surface area contributed by atoms with Gasteiger partial charge < -0.3 is 5.32 Å². The standard InChI is InChI=1S/C11H8F2N6/c1-6-2-8(12)10(9(13)3-6)15-5-7(4-14)11-16-18-19-17-11/h2-3,5,15H,1H3,(H,16,17,18,19). The molecule has 1 aromatic carbocycles. The molecule has 0 bridgehead atoms. The Morgan fingerprint density at radius 2 is 2.11 bits per heavy atom. The Labute approximate surface area is 106 Å². The van der Waals surface area contributed by atoms with Crippen LogP contribution in [0.4, 0.5) is 14.5 Å². The number of tetrazole rings is 1. The zero-order chi connectivity index (χ0) is 13.8. The number of aromatic amines is 1. The number of nitrogens with zero attached hydrogens (tertiary/aromatic N) is 4. The first-order valence-corrected chi connectivity index (χ1v) is 5.18. The lowest BCUT2D eigenvalue weighted by Gasteiger charge is -2.05. The molecule has 19 heavy (non-hydrogen) atoms. The van der Waals surface area contributed by atoms with E-state index in [0.717, 1.165) is 6.20 Å². The molecule has 0 atom stereocenters. The van der Waals surface area contributed by atoms with Crippen LogP contribution >= 0.6 is 0 Å². The topological polar surface area (TPSA) is 90.3 Å². The lowest BCUT2D eigenvalue weighted by atomic mass is 10.2. The van der Waals surface area contributed by atoms with Crippen molar-refractivity contribution in [3.05, 3.63) is 41.4 Å². The second-order valence-electron chi connectivity index (χ2n) is 3.65. The van der Waals surface area contributed by atoms with E-state index in [0.29, 0.717) is 5.56 Å². The van der Waals surface area contributed by atoms with Crippen LogP contribution in [-0.2, 0) is 0 Å². The Bertz CT molecular complexity index is 633. The second kappa shape index (κ2) is 5.22. The SMILES string of the molecule is Cc1cc(F)c(NC=C(C#N)c2nn[nH]n2)c(F)c1. The molecule has 96 valence electrons. The monoisotopic (exact) mass is 262 g/mol. The van der Waals surface area contributed by atoms with Gasteiger partial charge in [-0.3, -0.25) is 0 Å². The highest BCUT2D eigenvalue weighted by Crippen LogP contribution is 2.21. The van der Waals surface area contributed by atoms with Crippen molar-refractivity contribution in [3.63, 3.8) is 0 Å². The summed E-state index contributed by atoms with van der Waals surface area (Å²) in [6.07, 6.45) is 1.11. The molecule has 0 aliphatic rings. The molecule has 2 rings (SSSR count). The maximum Gasteiger partial charge on any atom is 0.216 e. The Balaban J connectivity index is 2.30. The largest absolute Gasteiger partial charge is 0.356 e. The van der Waals surface area contributed by atoms with E-state index in [9.17, 15) is 8.78 Å². The molecule has 0 saturated carbocycles. The average molecular weight is 262 g/mol. The second-order valence-corrected chi connectivity index (χ2v) is 3.65. The lowest BCUT2D eigenvalue weighted by Crippen LogP contribution is -1.99. The summed E-state index contributed by atoms with van der Waals surface area (Å²) in [7, 11) is 0. The number of H-pyrrole nitrogens is 1. The number of anilines is 1.